The molecule has 5 heterocycles. The van der Waals surface area contributed by atoms with Crippen molar-refractivity contribution in [3.8, 4) is 11.4 Å². The molecule has 0 aliphatic carbocycles. The molecule has 32 heavy (non-hydrogen) atoms. The van der Waals surface area contributed by atoms with Crippen molar-refractivity contribution >= 4 is 11.5 Å². The van der Waals surface area contributed by atoms with Gasteiger partial charge in [0.25, 0.3) is 5.56 Å². The highest BCUT2D eigenvalue weighted by Gasteiger charge is 2.21. The molecule has 0 aromatic carbocycles. The average Bonchev–Trinajstić information content (AvgIpc) is 3.49. The third-order valence-corrected chi connectivity index (χ3v) is 6.58. The van der Waals surface area contributed by atoms with Gasteiger partial charge in [0.1, 0.15) is 23.4 Å². The molecular formula is C23H30N8O. The van der Waals surface area contributed by atoms with Crippen LogP contribution in [0.5, 0.6) is 0 Å². The lowest BCUT2D eigenvalue weighted by atomic mass is 10.1. The summed E-state index contributed by atoms with van der Waals surface area (Å²) in [5, 5.41) is 8.58. The Hall–Kier alpha value is -3.23. The van der Waals surface area contributed by atoms with E-state index in [0.29, 0.717) is 17.3 Å². The molecule has 5 rings (SSSR count). The molecule has 0 spiro atoms. The fraction of sp³-hybridized carbons (Fsp3) is 0.522. The van der Waals surface area contributed by atoms with Crippen molar-refractivity contribution < 1.29 is 0 Å². The van der Waals surface area contributed by atoms with Crippen LogP contribution in [0.15, 0.2) is 41.7 Å². The first kappa shape index (κ1) is 20.7. The van der Waals surface area contributed by atoms with Crippen LogP contribution in [0.25, 0.3) is 11.4 Å². The fourth-order valence-electron chi connectivity index (χ4n) is 4.62. The van der Waals surface area contributed by atoms with Crippen LogP contribution in [0, 0.1) is 5.92 Å². The highest BCUT2D eigenvalue weighted by atomic mass is 16.1. The number of rotatable bonds is 5. The van der Waals surface area contributed by atoms with Gasteiger partial charge in [-0.2, -0.15) is 0 Å². The minimum atomic E-state index is -0.297. The van der Waals surface area contributed by atoms with Crippen LogP contribution < -0.4 is 15.4 Å². The summed E-state index contributed by atoms with van der Waals surface area (Å²) < 4.78 is 3.38. The van der Waals surface area contributed by atoms with Crippen molar-refractivity contribution in [1.29, 1.82) is 0 Å². The predicted octanol–water partition coefficient (Wildman–Crippen LogP) is 2.80. The fourth-order valence-corrected chi connectivity index (χ4v) is 4.62. The largest absolute Gasteiger partial charge is 0.371 e. The van der Waals surface area contributed by atoms with Gasteiger partial charge in [-0.25, -0.2) is 9.67 Å². The van der Waals surface area contributed by atoms with Crippen LogP contribution in [-0.4, -0.2) is 55.7 Å². The number of hydrogen-bond acceptors (Lipinski definition) is 7. The van der Waals surface area contributed by atoms with Crippen molar-refractivity contribution in [2.24, 2.45) is 5.92 Å². The Morgan fingerprint density at radius 2 is 1.91 bits per heavy atom. The molecule has 0 radical (unpaired) electrons. The quantitative estimate of drug-likeness (QED) is 0.610. The Kier molecular flexibility index (Phi) is 5.63. The Labute approximate surface area is 187 Å². The standard InChI is InChI=1S/C23H30N8O/c1-17-6-10-29(15-17)22-14-24-13-20(25-22)21-16-31(27-26-21)18(2)30-11-7-19(12-23(30)32)28-8-4-3-5-9-28/h7,11-14,16-18H,3-6,8-10,15H2,1-2H3/t17-,18?/m0/s1. The monoisotopic (exact) mass is 434 g/mol. The van der Waals surface area contributed by atoms with Gasteiger partial charge in [0.2, 0.25) is 0 Å². The number of nitrogens with zero attached hydrogens (tertiary/aromatic N) is 8. The van der Waals surface area contributed by atoms with E-state index in [1.54, 1.807) is 27.7 Å². The van der Waals surface area contributed by atoms with Crippen molar-refractivity contribution in [3.63, 3.8) is 0 Å². The molecule has 2 fully saturated rings. The molecule has 168 valence electrons. The normalized spacial score (nSPS) is 20.0. The summed E-state index contributed by atoms with van der Waals surface area (Å²) >= 11 is 0. The van der Waals surface area contributed by atoms with Crippen molar-refractivity contribution in [1.82, 2.24) is 29.5 Å². The maximum atomic E-state index is 12.8. The number of pyridine rings is 1. The number of anilines is 2. The highest BCUT2D eigenvalue weighted by molar-refractivity contribution is 5.54. The highest BCUT2D eigenvalue weighted by Crippen LogP contribution is 2.24. The lowest BCUT2D eigenvalue weighted by Gasteiger charge is -2.29. The van der Waals surface area contributed by atoms with E-state index in [1.807, 2.05) is 25.4 Å². The van der Waals surface area contributed by atoms with E-state index in [9.17, 15) is 4.79 Å². The zero-order chi connectivity index (χ0) is 22.1. The van der Waals surface area contributed by atoms with Crippen LogP contribution in [-0.2, 0) is 0 Å². The average molecular weight is 435 g/mol. The zero-order valence-electron chi connectivity index (χ0n) is 18.8. The van der Waals surface area contributed by atoms with Gasteiger partial charge in [-0.3, -0.25) is 14.3 Å². The lowest BCUT2D eigenvalue weighted by Crippen LogP contribution is -2.32. The Bertz CT molecular complexity index is 1130. The number of hydrogen-bond donors (Lipinski definition) is 0. The molecule has 0 amide bonds. The third-order valence-electron chi connectivity index (χ3n) is 6.58. The summed E-state index contributed by atoms with van der Waals surface area (Å²) in [5.41, 5.74) is 2.30. The number of aromatic nitrogens is 6. The van der Waals surface area contributed by atoms with Gasteiger partial charge in [-0.1, -0.05) is 12.1 Å². The van der Waals surface area contributed by atoms with Crippen LogP contribution in [0.2, 0.25) is 0 Å². The van der Waals surface area contributed by atoms with Gasteiger partial charge >= 0.3 is 0 Å². The molecule has 1 unspecified atom stereocenters. The Morgan fingerprint density at radius 1 is 1.06 bits per heavy atom. The summed E-state index contributed by atoms with van der Waals surface area (Å²) in [5.74, 6) is 1.54. The smallest absolute Gasteiger partial charge is 0.254 e. The van der Waals surface area contributed by atoms with Crippen molar-refractivity contribution in [2.45, 2.75) is 45.7 Å². The second-order valence-corrected chi connectivity index (χ2v) is 9.00. The molecule has 9 nitrogen and oxygen atoms in total. The van der Waals surface area contributed by atoms with E-state index in [1.165, 1.54) is 25.7 Å². The van der Waals surface area contributed by atoms with Crippen molar-refractivity contribution in [3.05, 3.63) is 47.3 Å². The molecule has 3 aromatic rings. The van der Waals surface area contributed by atoms with E-state index < -0.39 is 0 Å². The van der Waals surface area contributed by atoms with Gasteiger partial charge in [0.15, 0.2) is 0 Å². The summed E-state index contributed by atoms with van der Waals surface area (Å²) in [7, 11) is 0. The second kappa shape index (κ2) is 8.72. The molecule has 2 saturated heterocycles. The van der Waals surface area contributed by atoms with E-state index in [4.69, 9.17) is 4.98 Å². The van der Waals surface area contributed by atoms with E-state index in [-0.39, 0.29) is 11.7 Å². The number of piperidine rings is 1. The summed E-state index contributed by atoms with van der Waals surface area (Å²) in [6.07, 6.45) is 11.7. The Morgan fingerprint density at radius 3 is 2.66 bits per heavy atom. The zero-order valence-corrected chi connectivity index (χ0v) is 18.8. The first-order valence-electron chi connectivity index (χ1n) is 11.5. The molecule has 2 atom stereocenters. The molecule has 0 N–H and O–H groups in total. The summed E-state index contributed by atoms with van der Waals surface area (Å²) in [6.45, 7) is 8.22. The van der Waals surface area contributed by atoms with E-state index in [0.717, 1.165) is 37.7 Å². The van der Waals surface area contributed by atoms with Gasteiger partial charge in [0, 0.05) is 44.1 Å². The van der Waals surface area contributed by atoms with E-state index >= 15 is 0 Å². The van der Waals surface area contributed by atoms with Crippen LogP contribution in [0.4, 0.5) is 11.5 Å². The van der Waals surface area contributed by atoms with Gasteiger partial charge < -0.3 is 9.80 Å². The molecular weight excluding hydrogens is 404 g/mol. The summed E-state index contributed by atoms with van der Waals surface area (Å²) in [4.78, 5) is 26.5. The second-order valence-electron chi connectivity index (χ2n) is 9.00. The first-order valence-corrected chi connectivity index (χ1v) is 11.5. The lowest BCUT2D eigenvalue weighted by molar-refractivity contribution is 0.405. The molecule has 0 bridgehead atoms. The predicted molar refractivity (Wildman–Crippen MR) is 124 cm³/mol. The molecule has 3 aromatic heterocycles. The summed E-state index contributed by atoms with van der Waals surface area (Å²) in [6, 6.07) is 3.75. The molecule has 2 aliphatic rings. The Balaban J connectivity index is 1.35. The SMILES string of the molecule is CC(n1cc(-c2cncc(N3CC[C@H](C)C3)n2)nn1)n1ccc(N2CCCCC2)cc1=O. The minimum absolute atomic E-state index is 0.0393. The van der Waals surface area contributed by atoms with Gasteiger partial charge in [0.05, 0.1) is 18.6 Å². The maximum Gasteiger partial charge on any atom is 0.254 e. The van der Waals surface area contributed by atoms with Gasteiger partial charge in [-0.05, 0) is 44.6 Å². The van der Waals surface area contributed by atoms with Crippen LogP contribution >= 0.6 is 0 Å². The van der Waals surface area contributed by atoms with Gasteiger partial charge in [-0.15, -0.1) is 5.10 Å². The topological polar surface area (TPSA) is 85.0 Å². The molecule has 0 saturated carbocycles. The minimum Gasteiger partial charge on any atom is -0.371 e. The van der Waals surface area contributed by atoms with Crippen LogP contribution in [0.1, 0.15) is 45.7 Å². The molecule has 9 heteroatoms. The van der Waals surface area contributed by atoms with Crippen LogP contribution in [0.3, 0.4) is 0 Å². The van der Waals surface area contributed by atoms with E-state index in [2.05, 4.69) is 32.0 Å². The third kappa shape index (κ3) is 4.11. The molecule has 2 aliphatic heterocycles. The maximum absolute atomic E-state index is 12.8. The first-order chi connectivity index (χ1) is 15.6. The van der Waals surface area contributed by atoms with Crippen molar-refractivity contribution in [2.75, 3.05) is 36.0 Å².